The van der Waals surface area contributed by atoms with Crippen LogP contribution in [-0.2, 0) is 10.0 Å². The number of Topliss-reactive ketones (excluding diaryl/α,β-unsaturated/α-hetero) is 1. The number of hydrogen-bond acceptors (Lipinski definition) is 6. The summed E-state index contributed by atoms with van der Waals surface area (Å²) in [6, 6.07) is 20.0. The summed E-state index contributed by atoms with van der Waals surface area (Å²) in [6.45, 7) is 0. The molecule has 3 aromatic rings. The van der Waals surface area contributed by atoms with Crippen LogP contribution in [0.1, 0.15) is 10.4 Å². The van der Waals surface area contributed by atoms with E-state index < -0.39 is 15.4 Å². The number of nitrogens with zero attached hydrogens (tertiary/aromatic N) is 1. The first-order chi connectivity index (χ1) is 14.5. The van der Waals surface area contributed by atoms with Gasteiger partial charge in [-0.3, -0.25) is 4.79 Å². The van der Waals surface area contributed by atoms with E-state index in [1.54, 1.807) is 73.8 Å². The van der Waals surface area contributed by atoms with Crippen molar-refractivity contribution in [1.82, 2.24) is 0 Å². The van der Waals surface area contributed by atoms with E-state index in [1.807, 2.05) is 0 Å². The minimum Gasteiger partial charge on any atom is -0.497 e. The molecule has 1 aliphatic heterocycles. The first-order valence-corrected chi connectivity index (χ1v) is 11.4. The molecule has 0 aliphatic carbocycles. The van der Waals surface area contributed by atoms with Gasteiger partial charge in [-0.25, -0.2) is 12.7 Å². The van der Waals surface area contributed by atoms with E-state index in [0.29, 0.717) is 27.6 Å². The van der Waals surface area contributed by atoms with Crippen LogP contribution in [0.25, 0.3) is 0 Å². The molecule has 0 fully saturated rings. The van der Waals surface area contributed by atoms with Gasteiger partial charge in [0.15, 0.2) is 11.2 Å². The standard InChI is InChI=1S/C22H19NO5S2/c1-27-17-10-8-15(9-11-17)21(24)22-23(16-6-4-3-5-7-16)30(25,26)20-13-12-18(28-2)14-19(20)29-22/h3-14,22H,1-2H3. The smallest absolute Gasteiger partial charge is 0.266 e. The molecule has 8 heteroatoms. The van der Waals surface area contributed by atoms with Crippen molar-refractivity contribution in [2.45, 2.75) is 15.2 Å². The van der Waals surface area contributed by atoms with Crippen LogP contribution in [-0.4, -0.2) is 33.8 Å². The van der Waals surface area contributed by atoms with E-state index in [4.69, 9.17) is 9.47 Å². The number of carbonyl (C=O) groups is 1. The molecular weight excluding hydrogens is 422 g/mol. The summed E-state index contributed by atoms with van der Waals surface area (Å²) in [5.74, 6) is 0.828. The second kappa shape index (κ2) is 8.04. The maximum absolute atomic E-state index is 13.6. The van der Waals surface area contributed by atoms with Crippen LogP contribution in [0, 0.1) is 0 Å². The van der Waals surface area contributed by atoms with Gasteiger partial charge in [0, 0.05) is 10.5 Å². The van der Waals surface area contributed by atoms with Crippen LogP contribution in [0.3, 0.4) is 0 Å². The van der Waals surface area contributed by atoms with Gasteiger partial charge in [0.05, 0.1) is 19.9 Å². The highest BCUT2D eigenvalue weighted by molar-refractivity contribution is 8.04. The lowest BCUT2D eigenvalue weighted by Crippen LogP contribution is -2.46. The number of sulfonamides is 1. The average molecular weight is 442 g/mol. The number of methoxy groups -OCH3 is 2. The topological polar surface area (TPSA) is 72.9 Å². The first kappa shape index (κ1) is 20.3. The summed E-state index contributed by atoms with van der Waals surface area (Å²) in [5, 5.41) is -0.995. The lowest BCUT2D eigenvalue weighted by atomic mass is 10.1. The molecule has 3 aromatic carbocycles. The van der Waals surface area contributed by atoms with E-state index in [0.717, 1.165) is 0 Å². The highest BCUT2D eigenvalue weighted by Crippen LogP contribution is 2.45. The predicted octanol–water partition coefficient (Wildman–Crippen LogP) is 4.21. The van der Waals surface area contributed by atoms with Crippen LogP contribution in [0.5, 0.6) is 11.5 Å². The lowest BCUT2D eigenvalue weighted by molar-refractivity contribution is 0.0991. The van der Waals surface area contributed by atoms with Gasteiger partial charge < -0.3 is 9.47 Å². The van der Waals surface area contributed by atoms with Crippen LogP contribution >= 0.6 is 11.8 Å². The third-order valence-corrected chi connectivity index (χ3v) is 8.10. The molecule has 0 saturated heterocycles. The van der Waals surface area contributed by atoms with Crippen molar-refractivity contribution >= 4 is 33.3 Å². The number of anilines is 1. The molecule has 1 heterocycles. The number of para-hydroxylation sites is 1. The fourth-order valence-corrected chi connectivity index (χ4v) is 6.74. The number of thioether (sulfide) groups is 1. The van der Waals surface area contributed by atoms with Gasteiger partial charge in [0.1, 0.15) is 16.4 Å². The fourth-order valence-electron chi connectivity index (χ4n) is 3.23. The molecule has 1 unspecified atom stereocenters. The monoisotopic (exact) mass is 441 g/mol. The zero-order valence-electron chi connectivity index (χ0n) is 16.3. The number of ketones is 1. The van der Waals surface area contributed by atoms with Crippen molar-refractivity contribution in [3.05, 3.63) is 78.4 Å². The molecule has 154 valence electrons. The third-order valence-electron chi connectivity index (χ3n) is 4.75. The number of fused-ring (bicyclic) bond motifs is 1. The third kappa shape index (κ3) is 3.53. The summed E-state index contributed by atoms with van der Waals surface area (Å²) in [4.78, 5) is 14.1. The van der Waals surface area contributed by atoms with Crippen LogP contribution in [0.15, 0.2) is 82.6 Å². The molecule has 0 amide bonds. The van der Waals surface area contributed by atoms with Gasteiger partial charge in [-0.1, -0.05) is 30.0 Å². The predicted molar refractivity (Wildman–Crippen MR) is 116 cm³/mol. The minimum atomic E-state index is -3.96. The Morgan fingerprint density at radius 2 is 1.53 bits per heavy atom. The van der Waals surface area contributed by atoms with Crippen molar-refractivity contribution in [2.75, 3.05) is 18.5 Å². The van der Waals surface area contributed by atoms with E-state index in [1.165, 1.54) is 29.2 Å². The normalized spacial score (nSPS) is 17.1. The Hall–Kier alpha value is -2.97. The fraction of sp³-hybridized carbons (Fsp3) is 0.136. The average Bonchev–Trinajstić information content (AvgIpc) is 2.78. The molecule has 1 aliphatic rings. The Morgan fingerprint density at radius 1 is 0.900 bits per heavy atom. The highest BCUT2D eigenvalue weighted by Gasteiger charge is 2.43. The van der Waals surface area contributed by atoms with Gasteiger partial charge in [0.25, 0.3) is 10.0 Å². The Labute approximate surface area is 179 Å². The quantitative estimate of drug-likeness (QED) is 0.552. The maximum atomic E-state index is 13.6. The van der Waals surface area contributed by atoms with Crippen molar-refractivity contribution in [2.24, 2.45) is 0 Å². The number of ether oxygens (including phenoxy) is 2. The Kier molecular flexibility index (Phi) is 5.44. The summed E-state index contributed by atoms with van der Waals surface area (Å²) in [6.07, 6.45) is 0. The second-order valence-corrected chi connectivity index (χ2v) is 9.42. The molecule has 6 nitrogen and oxygen atoms in total. The molecule has 1 atom stereocenters. The maximum Gasteiger partial charge on any atom is 0.266 e. The van der Waals surface area contributed by atoms with Gasteiger partial charge in [-0.2, -0.15) is 0 Å². The van der Waals surface area contributed by atoms with Gasteiger partial charge in [0.2, 0.25) is 0 Å². The second-order valence-electron chi connectivity index (χ2n) is 6.51. The van der Waals surface area contributed by atoms with Crippen molar-refractivity contribution in [3.63, 3.8) is 0 Å². The van der Waals surface area contributed by atoms with Gasteiger partial charge >= 0.3 is 0 Å². The largest absolute Gasteiger partial charge is 0.497 e. The molecule has 0 N–H and O–H groups in total. The number of benzene rings is 3. The Balaban J connectivity index is 1.86. The van der Waals surface area contributed by atoms with Crippen LogP contribution in [0.4, 0.5) is 5.69 Å². The van der Waals surface area contributed by atoms with Gasteiger partial charge in [-0.15, -0.1) is 0 Å². The van der Waals surface area contributed by atoms with E-state index >= 15 is 0 Å². The van der Waals surface area contributed by atoms with E-state index in [-0.39, 0.29) is 10.7 Å². The van der Waals surface area contributed by atoms with Crippen LogP contribution in [0.2, 0.25) is 0 Å². The zero-order valence-corrected chi connectivity index (χ0v) is 17.9. The molecular formula is C22H19NO5S2. The van der Waals surface area contributed by atoms with Crippen LogP contribution < -0.4 is 13.8 Å². The van der Waals surface area contributed by atoms with Crippen molar-refractivity contribution in [3.8, 4) is 11.5 Å². The molecule has 4 rings (SSSR count). The van der Waals surface area contributed by atoms with E-state index in [2.05, 4.69) is 0 Å². The number of hydrogen-bond donors (Lipinski definition) is 0. The minimum absolute atomic E-state index is 0.149. The molecule has 0 aromatic heterocycles. The molecule has 0 saturated carbocycles. The highest BCUT2D eigenvalue weighted by atomic mass is 32.2. The first-order valence-electron chi connectivity index (χ1n) is 9.08. The van der Waals surface area contributed by atoms with Crippen molar-refractivity contribution < 1.29 is 22.7 Å². The summed E-state index contributed by atoms with van der Waals surface area (Å²) in [5.41, 5.74) is 0.828. The zero-order chi connectivity index (χ0) is 21.3. The SMILES string of the molecule is COc1ccc(C(=O)C2Sc3cc(OC)ccc3S(=O)(=O)N2c2ccccc2)cc1. The van der Waals surface area contributed by atoms with E-state index in [9.17, 15) is 13.2 Å². The Bertz CT molecular complexity index is 1180. The summed E-state index contributed by atoms with van der Waals surface area (Å²) in [7, 11) is -0.907. The number of carbonyl (C=O) groups excluding carboxylic acids is 1. The molecule has 30 heavy (non-hydrogen) atoms. The molecule has 0 radical (unpaired) electrons. The van der Waals surface area contributed by atoms with Crippen molar-refractivity contribution in [1.29, 1.82) is 0 Å². The lowest BCUT2D eigenvalue weighted by Gasteiger charge is -2.36. The van der Waals surface area contributed by atoms with Gasteiger partial charge in [-0.05, 0) is 54.6 Å². The summed E-state index contributed by atoms with van der Waals surface area (Å²) < 4.78 is 38.7. The Morgan fingerprint density at radius 3 is 2.17 bits per heavy atom. The number of rotatable bonds is 5. The molecule has 0 spiro atoms. The summed E-state index contributed by atoms with van der Waals surface area (Å²) >= 11 is 1.19. The molecule has 0 bridgehead atoms.